The first-order valence-corrected chi connectivity index (χ1v) is 9.41. The zero-order valence-corrected chi connectivity index (χ0v) is 14.3. The third-order valence-corrected chi connectivity index (χ3v) is 5.75. The number of halogens is 1. The van der Waals surface area contributed by atoms with Crippen LogP contribution in [0.2, 0.25) is 0 Å². The maximum atomic E-state index is 14.4. The van der Waals surface area contributed by atoms with Gasteiger partial charge in [0.25, 0.3) is 0 Å². The number of benzene rings is 1. The molecule has 0 saturated heterocycles. The van der Waals surface area contributed by atoms with Crippen molar-refractivity contribution in [1.82, 2.24) is 0 Å². The molecule has 0 aromatic heterocycles. The van der Waals surface area contributed by atoms with Crippen molar-refractivity contribution in [3.05, 3.63) is 35.7 Å². The van der Waals surface area contributed by atoms with Crippen LogP contribution in [0.5, 0.6) is 0 Å². The van der Waals surface area contributed by atoms with E-state index in [4.69, 9.17) is 4.74 Å². The molecule has 23 heavy (non-hydrogen) atoms. The van der Waals surface area contributed by atoms with E-state index in [0.29, 0.717) is 33.8 Å². The van der Waals surface area contributed by atoms with E-state index in [-0.39, 0.29) is 11.8 Å². The van der Waals surface area contributed by atoms with Gasteiger partial charge in [0.2, 0.25) is 0 Å². The van der Waals surface area contributed by atoms with Crippen LogP contribution in [0.3, 0.4) is 0 Å². The summed E-state index contributed by atoms with van der Waals surface area (Å²) in [5.41, 5.74) is 1.15. The molecule has 2 saturated carbocycles. The highest BCUT2D eigenvalue weighted by atomic mass is 32.2. The van der Waals surface area contributed by atoms with Crippen LogP contribution in [0.15, 0.2) is 29.2 Å². The standard InChI is InChI=1S/C19H23FO2S/c1-2-22-19(21)16(11-13-5-3-4-6-13)14-7-10-18(17(20)12-14)23-15-8-9-15/h7,10-13,15H,2-6,8-9H2,1H3/b16-11+. The lowest BCUT2D eigenvalue weighted by molar-refractivity contribution is -0.136. The molecule has 2 fully saturated rings. The molecule has 4 heteroatoms. The summed E-state index contributed by atoms with van der Waals surface area (Å²) < 4.78 is 19.5. The lowest BCUT2D eigenvalue weighted by atomic mass is 9.98. The first-order valence-electron chi connectivity index (χ1n) is 8.53. The minimum Gasteiger partial charge on any atom is -0.462 e. The molecule has 0 atom stereocenters. The molecular weight excluding hydrogens is 311 g/mol. The fourth-order valence-corrected chi connectivity index (χ4v) is 4.03. The Balaban J connectivity index is 1.85. The third kappa shape index (κ3) is 4.37. The van der Waals surface area contributed by atoms with E-state index >= 15 is 0 Å². The van der Waals surface area contributed by atoms with Crippen LogP contribution in [-0.4, -0.2) is 17.8 Å². The molecule has 0 N–H and O–H groups in total. The zero-order chi connectivity index (χ0) is 16.2. The van der Waals surface area contributed by atoms with Crippen LogP contribution in [0.4, 0.5) is 4.39 Å². The Labute approximate surface area is 141 Å². The monoisotopic (exact) mass is 334 g/mol. The van der Waals surface area contributed by atoms with Crippen LogP contribution in [-0.2, 0) is 9.53 Å². The Morgan fingerprint density at radius 3 is 2.65 bits per heavy atom. The largest absolute Gasteiger partial charge is 0.462 e. The molecule has 1 aromatic rings. The maximum Gasteiger partial charge on any atom is 0.338 e. The highest BCUT2D eigenvalue weighted by Crippen LogP contribution is 2.40. The molecule has 0 heterocycles. The Bertz CT molecular complexity index is 601. The number of ether oxygens (including phenoxy) is 1. The highest BCUT2D eigenvalue weighted by molar-refractivity contribution is 8.00. The minimum atomic E-state index is -0.346. The zero-order valence-electron chi connectivity index (χ0n) is 13.5. The van der Waals surface area contributed by atoms with E-state index < -0.39 is 0 Å². The normalized spacial score (nSPS) is 19.1. The first kappa shape index (κ1) is 16.6. The molecule has 2 nitrogen and oxygen atoms in total. The summed E-state index contributed by atoms with van der Waals surface area (Å²) in [4.78, 5) is 13.0. The molecule has 0 radical (unpaired) electrons. The van der Waals surface area contributed by atoms with Gasteiger partial charge in [-0.3, -0.25) is 0 Å². The van der Waals surface area contributed by atoms with Crippen molar-refractivity contribution in [3.63, 3.8) is 0 Å². The van der Waals surface area contributed by atoms with Crippen LogP contribution in [0.25, 0.3) is 5.57 Å². The van der Waals surface area contributed by atoms with Crippen molar-refractivity contribution in [2.24, 2.45) is 5.92 Å². The summed E-state index contributed by atoms with van der Waals surface area (Å²) >= 11 is 1.60. The first-order chi connectivity index (χ1) is 11.2. The van der Waals surface area contributed by atoms with Crippen LogP contribution in [0.1, 0.15) is 51.0 Å². The molecule has 1 aromatic carbocycles. The van der Waals surface area contributed by atoms with Gasteiger partial charge in [-0.05, 0) is 56.2 Å². The van der Waals surface area contributed by atoms with Gasteiger partial charge >= 0.3 is 5.97 Å². The molecular formula is C19H23FO2S. The van der Waals surface area contributed by atoms with Gasteiger partial charge in [0.15, 0.2) is 0 Å². The van der Waals surface area contributed by atoms with Crippen LogP contribution < -0.4 is 0 Å². The molecule has 0 unspecified atom stereocenters. The number of esters is 1. The quantitative estimate of drug-likeness (QED) is 0.527. The Morgan fingerprint density at radius 2 is 2.04 bits per heavy atom. The van der Waals surface area contributed by atoms with Crippen molar-refractivity contribution in [2.75, 3.05) is 6.61 Å². The third-order valence-electron chi connectivity index (χ3n) is 4.36. The van der Waals surface area contributed by atoms with Crippen molar-refractivity contribution in [2.45, 2.75) is 55.6 Å². The summed E-state index contributed by atoms with van der Waals surface area (Å²) in [6.07, 6.45) is 8.92. The number of hydrogen-bond donors (Lipinski definition) is 0. The fourth-order valence-electron chi connectivity index (χ4n) is 2.98. The molecule has 3 rings (SSSR count). The number of thioether (sulfide) groups is 1. The van der Waals surface area contributed by atoms with E-state index in [1.807, 2.05) is 12.1 Å². The number of hydrogen-bond acceptors (Lipinski definition) is 3. The van der Waals surface area contributed by atoms with Crippen molar-refractivity contribution < 1.29 is 13.9 Å². The van der Waals surface area contributed by atoms with E-state index in [9.17, 15) is 9.18 Å². The molecule has 124 valence electrons. The number of rotatable bonds is 6. The lowest BCUT2D eigenvalue weighted by Gasteiger charge is -2.12. The molecule has 2 aliphatic rings. The second-order valence-corrected chi connectivity index (χ2v) is 7.65. The predicted molar refractivity (Wildman–Crippen MR) is 91.8 cm³/mol. The second kappa shape index (κ2) is 7.52. The Morgan fingerprint density at radius 1 is 1.30 bits per heavy atom. The van der Waals surface area contributed by atoms with Crippen LogP contribution >= 0.6 is 11.8 Å². The predicted octanol–water partition coefficient (Wildman–Crippen LogP) is 5.22. The summed E-state index contributed by atoms with van der Waals surface area (Å²) in [7, 11) is 0. The van der Waals surface area contributed by atoms with E-state index in [0.717, 1.165) is 12.8 Å². The van der Waals surface area contributed by atoms with Gasteiger partial charge in [0.1, 0.15) is 5.82 Å². The fraction of sp³-hybridized carbons (Fsp3) is 0.526. The van der Waals surface area contributed by atoms with E-state index in [1.54, 1.807) is 24.8 Å². The van der Waals surface area contributed by atoms with Crippen molar-refractivity contribution >= 4 is 23.3 Å². The summed E-state index contributed by atoms with van der Waals surface area (Å²) in [6, 6.07) is 5.14. The van der Waals surface area contributed by atoms with Gasteiger partial charge < -0.3 is 4.74 Å². The number of allylic oxidation sites excluding steroid dienone is 1. The molecule has 2 aliphatic carbocycles. The molecule has 0 amide bonds. The SMILES string of the molecule is CCOC(=O)/C(=C/C1CCCC1)c1ccc(SC2CC2)c(F)c1. The van der Waals surface area contributed by atoms with Gasteiger partial charge in [-0.25, -0.2) is 9.18 Å². The van der Waals surface area contributed by atoms with E-state index in [2.05, 4.69) is 0 Å². The maximum absolute atomic E-state index is 14.4. The van der Waals surface area contributed by atoms with E-state index in [1.165, 1.54) is 31.7 Å². The van der Waals surface area contributed by atoms with Gasteiger partial charge in [0, 0.05) is 10.1 Å². The number of carbonyl (C=O) groups excluding carboxylic acids is 1. The minimum absolute atomic E-state index is 0.235. The Hall–Kier alpha value is -1.29. The van der Waals surface area contributed by atoms with Crippen LogP contribution in [0, 0.1) is 11.7 Å². The molecule has 0 aliphatic heterocycles. The summed E-state index contributed by atoms with van der Waals surface area (Å²) in [5, 5.41) is 0.564. The van der Waals surface area contributed by atoms with Crippen molar-refractivity contribution in [3.8, 4) is 0 Å². The van der Waals surface area contributed by atoms with Crippen molar-refractivity contribution in [1.29, 1.82) is 0 Å². The van der Waals surface area contributed by atoms with Gasteiger partial charge in [-0.1, -0.05) is 25.0 Å². The average Bonchev–Trinajstić information content (AvgIpc) is 3.20. The average molecular weight is 334 g/mol. The topological polar surface area (TPSA) is 26.3 Å². The van der Waals surface area contributed by atoms with Gasteiger partial charge in [-0.2, -0.15) is 0 Å². The summed E-state index contributed by atoms with van der Waals surface area (Å²) in [5.74, 6) is -0.180. The summed E-state index contributed by atoms with van der Waals surface area (Å²) in [6.45, 7) is 2.12. The smallest absolute Gasteiger partial charge is 0.338 e. The van der Waals surface area contributed by atoms with Gasteiger partial charge in [-0.15, -0.1) is 11.8 Å². The highest BCUT2D eigenvalue weighted by Gasteiger charge is 2.25. The number of carbonyl (C=O) groups is 1. The second-order valence-electron chi connectivity index (χ2n) is 6.31. The van der Waals surface area contributed by atoms with Gasteiger partial charge in [0.05, 0.1) is 12.2 Å². The molecule has 0 bridgehead atoms. The Kier molecular flexibility index (Phi) is 5.42. The molecule has 0 spiro atoms. The lowest BCUT2D eigenvalue weighted by Crippen LogP contribution is -2.09.